The van der Waals surface area contributed by atoms with Gasteiger partial charge in [0.25, 0.3) is 0 Å². The summed E-state index contributed by atoms with van der Waals surface area (Å²) in [7, 11) is 0. The molecule has 0 aliphatic heterocycles. The fourth-order valence-electron chi connectivity index (χ4n) is 0.225. The van der Waals surface area contributed by atoms with Crippen LogP contribution in [0.5, 0.6) is 0 Å². The van der Waals surface area contributed by atoms with Gasteiger partial charge in [-0.2, -0.15) is 0 Å². The van der Waals surface area contributed by atoms with E-state index in [9.17, 15) is 0 Å². The first kappa shape index (κ1) is 6.97. The van der Waals surface area contributed by atoms with Crippen LogP contribution in [0.3, 0.4) is 0 Å². The predicted molar refractivity (Wildman–Crippen MR) is 34.0 cm³/mol. The van der Waals surface area contributed by atoms with E-state index in [1.165, 1.54) is 6.08 Å². The number of nitrogens with two attached hydrogens (primary N) is 3. The SMILES string of the molecule is C=CC(N)N=C(N)N. The first-order valence-electron chi connectivity index (χ1n) is 2.13. The van der Waals surface area contributed by atoms with Crippen LogP contribution >= 0.6 is 0 Å². The standard InChI is InChI=1S/C4H10N4/c1-2-3(5)8-4(6)7/h2-3H,1,5H2,(H4,6,7,8). The molecule has 46 valence electrons. The highest BCUT2D eigenvalue weighted by molar-refractivity contribution is 5.75. The van der Waals surface area contributed by atoms with Gasteiger partial charge >= 0.3 is 0 Å². The van der Waals surface area contributed by atoms with Crippen LogP contribution in [0.4, 0.5) is 0 Å². The highest BCUT2D eigenvalue weighted by Crippen LogP contribution is 1.76. The second kappa shape index (κ2) is 3.04. The van der Waals surface area contributed by atoms with Crippen molar-refractivity contribution in [2.75, 3.05) is 0 Å². The Morgan fingerprint density at radius 2 is 2.12 bits per heavy atom. The van der Waals surface area contributed by atoms with Crippen LogP contribution in [0.25, 0.3) is 0 Å². The monoisotopic (exact) mass is 114 g/mol. The quantitative estimate of drug-likeness (QED) is 0.237. The molecule has 0 aliphatic carbocycles. The molecule has 0 spiro atoms. The van der Waals surface area contributed by atoms with Gasteiger partial charge in [-0.1, -0.05) is 12.7 Å². The Labute approximate surface area is 48.1 Å². The van der Waals surface area contributed by atoms with Gasteiger partial charge in [0.2, 0.25) is 0 Å². The third-order valence-corrected chi connectivity index (χ3v) is 0.540. The lowest BCUT2D eigenvalue weighted by Crippen LogP contribution is -2.27. The fourth-order valence-corrected chi connectivity index (χ4v) is 0.225. The highest BCUT2D eigenvalue weighted by Gasteiger charge is 1.87. The fraction of sp³-hybridized carbons (Fsp3) is 0.250. The van der Waals surface area contributed by atoms with Crippen molar-refractivity contribution in [1.29, 1.82) is 0 Å². The minimum atomic E-state index is -0.472. The number of guanidine groups is 1. The van der Waals surface area contributed by atoms with Crippen LogP contribution in [-0.2, 0) is 0 Å². The molecule has 8 heavy (non-hydrogen) atoms. The summed E-state index contributed by atoms with van der Waals surface area (Å²) in [4.78, 5) is 3.53. The molecule has 1 atom stereocenters. The Morgan fingerprint density at radius 1 is 1.62 bits per heavy atom. The van der Waals surface area contributed by atoms with Crippen LogP contribution in [0, 0.1) is 0 Å². The van der Waals surface area contributed by atoms with Crippen LogP contribution in [0.2, 0.25) is 0 Å². The van der Waals surface area contributed by atoms with Crippen molar-refractivity contribution in [3.63, 3.8) is 0 Å². The van der Waals surface area contributed by atoms with E-state index in [1.807, 2.05) is 0 Å². The molecule has 4 nitrogen and oxygen atoms in total. The average molecular weight is 114 g/mol. The second-order valence-corrected chi connectivity index (χ2v) is 1.28. The number of hydrogen-bond acceptors (Lipinski definition) is 2. The molecule has 0 aromatic heterocycles. The molecular weight excluding hydrogens is 104 g/mol. The van der Waals surface area contributed by atoms with E-state index in [2.05, 4.69) is 11.6 Å². The van der Waals surface area contributed by atoms with E-state index < -0.39 is 6.17 Å². The summed E-state index contributed by atoms with van der Waals surface area (Å²) >= 11 is 0. The molecule has 0 aromatic rings. The van der Waals surface area contributed by atoms with Gasteiger partial charge in [0, 0.05) is 0 Å². The van der Waals surface area contributed by atoms with Crippen molar-refractivity contribution in [1.82, 2.24) is 0 Å². The Kier molecular flexibility index (Phi) is 2.64. The maximum Gasteiger partial charge on any atom is 0.187 e. The smallest absolute Gasteiger partial charge is 0.187 e. The minimum Gasteiger partial charge on any atom is -0.370 e. The van der Waals surface area contributed by atoms with Crippen molar-refractivity contribution in [2.45, 2.75) is 6.17 Å². The first-order chi connectivity index (χ1) is 3.66. The van der Waals surface area contributed by atoms with Gasteiger partial charge in [-0.3, -0.25) is 0 Å². The minimum absolute atomic E-state index is 0.0163. The third kappa shape index (κ3) is 3.17. The first-order valence-corrected chi connectivity index (χ1v) is 2.13. The van der Waals surface area contributed by atoms with Gasteiger partial charge in [-0.15, -0.1) is 0 Å². The molecule has 0 aliphatic rings. The van der Waals surface area contributed by atoms with Crippen molar-refractivity contribution in [3.05, 3.63) is 12.7 Å². The summed E-state index contributed by atoms with van der Waals surface area (Å²) in [5, 5.41) is 0. The lowest BCUT2D eigenvalue weighted by Gasteiger charge is -1.96. The highest BCUT2D eigenvalue weighted by atomic mass is 15.0. The zero-order valence-corrected chi connectivity index (χ0v) is 4.54. The summed E-state index contributed by atoms with van der Waals surface area (Å²) in [6, 6.07) is 0. The van der Waals surface area contributed by atoms with Crippen molar-refractivity contribution in [2.24, 2.45) is 22.2 Å². The molecule has 0 fully saturated rings. The zero-order chi connectivity index (χ0) is 6.57. The number of rotatable bonds is 2. The van der Waals surface area contributed by atoms with Crippen LogP contribution in [-0.4, -0.2) is 12.1 Å². The molecule has 0 amide bonds. The Hall–Kier alpha value is -1.03. The molecule has 0 heterocycles. The molecule has 0 rings (SSSR count). The maximum absolute atomic E-state index is 5.21. The van der Waals surface area contributed by atoms with E-state index in [-0.39, 0.29) is 5.96 Å². The topological polar surface area (TPSA) is 90.4 Å². The largest absolute Gasteiger partial charge is 0.370 e. The van der Waals surface area contributed by atoms with Gasteiger partial charge in [0.05, 0.1) is 0 Å². The predicted octanol–water partition coefficient (Wildman–Crippen LogP) is -1.27. The molecule has 0 aromatic carbocycles. The lowest BCUT2D eigenvalue weighted by molar-refractivity contribution is 0.874. The zero-order valence-electron chi connectivity index (χ0n) is 4.54. The summed E-state index contributed by atoms with van der Waals surface area (Å²) in [5.41, 5.74) is 15.1. The van der Waals surface area contributed by atoms with Gasteiger partial charge in [0.15, 0.2) is 5.96 Å². The Morgan fingerprint density at radius 3 is 2.25 bits per heavy atom. The molecule has 0 radical (unpaired) electrons. The second-order valence-electron chi connectivity index (χ2n) is 1.28. The Balaban J connectivity index is 3.68. The van der Waals surface area contributed by atoms with Gasteiger partial charge in [-0.05, 0) is 0 Å². The summed E-state index contributed by atoms with van der Waals surface area (Å²) in [6.45, 7) is 3.37. The number of nitrogens with zero attached hydrogens (tertiary/aromatic N) is 1. The van der Waals surface area contributed by atoms with E-state index in [0.29, 0.717) is 0 Å². The summed E-state index contributed by atoms with van der Waals surface area (Å²) < 4.78 is 0. The number of aliphatic imine (C=N–C) groups is 1. The van der Waals surface area contributed by atoms with Crippen molar-refractivity contribution < 1.29 is 0 Å². The van der Waals surface area contributed by atoms with Crippen molar-refractivity contribution >= 4 is 5.96 Å². The van der Waals surface area contributed by atoms with Crippen LogP contribution < -0.4 is 17.2 Å². The summed E-state index contributed by atoms with van der Waals surface area (Å²) in [6.07, 6.45) is 0.972. The number of hydrogen-bond donors (Lipinski definition) is 3. The summed E-state index contributed by atoms with van der Waals surface area (Å²) in [5.74, 6) is -0.0163. The normalized spacial score (nSPS) is 12.1. The molecule has 0 saturated carbocycles. The van der Waals surface area contributed by atoms with Gasteiger partial charge < -0.3 is 17.2 Å². The maximum atomic E-state index is 5.21. The van der Waals surface area contributed by atoms with Crippen LogP contribution in [0.1, 0.15) is 0 Å². The van der Waals surface area contributed by atoms with Gasteiger partial charge in [0.1, 0.15) is 6.17 Å². The molecule has 1 unspecified atom stereocenters. The Bertz CT molecular complexity index is 103. The van der Waals surface area contributed by atoms with E-state index >= 15 is 0 Å². The van der Waals surface area contributed by atoms with E-state index in [4.69, 9.17) is 17.2 Å². The third-order valence-electron chi connectivity index (χ3n) is 0.540. The van der Waals surface area contributed by atoms with E-state index in [0.717, 1.165) is 0 Å². The lowest BCUT2D eigenvalue weighted by atomic mass is 10.5. The average Bonchev–Trinajstić information content (AvgIpc) is 1.65. The molecule has 0 saturated heterocycles. The van der Waals surface area contributed by atoms with Gasteiger partial charge in [-0.25, -0.2) is 4.99 Å². The molecular formula is C4H10N4. The molecule has 6 N–H and O–H groups in total. The van der Waals surface area contributed by atoms with E-state index in [1.54, 1.807) is 0 Å². The molecule has 0 bridgehead atoms. The van der Waals surface area contributed by atoms with Crippen molar-refractivity contribution in [3.8, 4) is 0 Å². The molecule has 4 heteroatoms. The van der Waals surface area contributed by atoms with Crippen LogP contribution in [0.15, 0.2) is 17.6 Å².